The number of anilines is 2. The highest BCUT2D eigenvalue weighted by Crippen LogP contribution is 2.23. The number of hydrogen-bond acceptors (Lipinski definition) is 3. The summed E-state index contributed by atoms with van der Waals surface area (Å²) >= 11 is 0. The standard InChI is InChI=1S/C15H18N2O2S/c1-2-12-16-14-10-6-7-11-15(14)20(18,19)17-13-8-4-3-5-9-13/h3-11,16-17H,2,12H2,1H3. The lowest BCUT2D eigenvalue weighted by Gasteiger charge is -2.13. The van der Waals surface area contributed by atoms with E-state index >= 15 is 0 Å². The molecule has 0 aliphatic heterocycles. The van der Waals surface area contributed by atoms with Crippen LogP contribution in [0.1, 0.15) is 13.3 Å². The predicted molar refractivity (Wildman–Crippen MR) is 82.5 cm³/mol. The van der Waals surface area contributed by atoms with Crippen molar-refractivity contribution in [1.29, 1.82) is 0 Å². The van der Waals surface area contributed by atoms with E-state index in [9.17, 15) is 8.42 Å². The lowest BCUT2D eigenvalue weighted by atomic mass is 10.3. The Bertz CT molecular complexity index is 655. The lowest BCUT2D eigenvalue weighted by molar-refractivity contribution is 0.601. The van der Waals surface area contributed by atoms with Crippen LogP contribution in [0.15, 0.2) is 59.5 Å². The monoisotopic (exact) mass is 290 g/mol. The first-order chi connectivity index (χ1) is 9.63. The number of sulfonamides is 1. The van der Waals surface area contributed by atoms with Gasteiger partial charge in [-0.15, -0.1) is 0 Å². The minimum absolute atomic E-state index is 0.261. The molecule has 0 aliphatic rings. The summed E-state index contributed by atoms with van der Waals surface area (Å²) in [6.07, 6.45) is 0.931. The second-order valence-electron chi connectivity index (χ2n) is 4.39. The number of rotatable bonds is 6. The lowest BCUT2D eigenvalue weighted by Crippen LogP contribution is -2.15. The van der Waals surface area contributed by atoms with Gasteiger partial charge in [-0.25, -0.2) is 8.42 Å². The summed E-state index contributed by atoms with van der Waals surface area (Å²) in [7, 11) is -3.59. The Labute approximate surface area is 119 Å². The molecule has 0 heterocycles. The maximum Gasteiger partial charge on any atom is 0.263 e. The predicted octanol–water partition coefficient (Wildman–Crippen LogP) is 3.31. The Hall–Kier alpha value is -2.01. The molecule has 0 fully saturated rings. The quantitative estimate of drug-likeness (QED) is 0.858. The molecule has 5 heteroatoms. The molecule has 0 aliphatic carbocycles. The smallest absolute Gasteiger partial charge is 0.263 e. The van der Waals surface area contributed by atoms with Crippen molar-refractivity contribution >= 4 is 21.4 Å². The zero-order valence-corrected chi connectivity index (χ0v) is 12.2. The first kappa shape index (κ1) is 14.4. The van der Waals surface area contributed by atoms with E-state index in [1.807, 2.05) is 19.1 Å². The highest BCUT2D eigenvalue weighted by molar-refractivity contribution is 7.92. The molecule has 0 radical (unpaired) electrons. The van der Waals surface area contributed by atoms with Crippen LogP contribution >= 0.6 is 0 Å². The summed E-state index contributed by atoms with van der Waals surface area (Å²) in [5, 5.41) is 3.14. The molecule has 0 unspecified atom stereocenters. The number of nitrogens with one attached hydrogen (secondary N) is 2. The van der Waals surface area contributed by atoms with Crippen molar-refractivity contribution in [3.05, 3.63) is 54.6 Å². The first-order valence-corrected chi connectivity index (χ1v) is 8.02. The second kappa shape index (κ2) is 6.43. The molecule has 4 nitrogen and oxygen atoms in total. The average molecular weight is 290 g/mol. The van der Waals surface area contributed by atoms with E-state index in [0.29, 0.717) is 11.4 Å². The van der Waals surface area contributed by atoms with Gasteiger partial charge in [0.25, 0.3) is 10.0 Å². The summed E-state index contributed by atoms with van der Waals surface area (Å²) in [5.74, 6) is 0. The highest BCUT2D eigenvalue weighted by Gasteiger charge is 2.17. The molecule has 2 aromatic carbocycles. The van der Waals surface area contributed by atoms with Crippen LogP contribution in [0.3, 0.4) is 0 Å². The molecular formula is C15H18N2O2S. The molecule has 20 heavy (non-hydrogen) atoms. The van der Waals surface area contributed by atoms with E-state index in [-0.39, 0.29) is 4.90 Å². The SMILES string of the molecule is CCCNc1ccccc1S(=O)(=O)Nc1ccccc1. The molecule has 0 saturated carbocycles. The Kier molecular flexibility index (Phi) is 4.63. The van der Waals surface area contributed by atoms with Crippen LogP contribution in [0.2, 0.25) is 0 Å². The molecule has 2 aromatic rings. The molecule has 0 bridgehead atoms. The van der Waals surface area contributed by atoms with Gasteiger partial charge >= 0.3 is 0 Å². The van der Waals surface area contributed by atoms with Gasteiger partial charge in [0.15, 0.2) is 0 Å². The zero-order chi connectivity index (χ0) is 14.4. The molecule has 0 amide bonds. The van der Waals surface area contributed by atoms with Crippen molar-refractivity contribution in [2.24, 2.45) is 0 Å². The Morgan fingerprint density at radius 3 is 2.30 bits per heavy atom. The molecule has 0 atom stereocenters. The van der Waals surface area contributed by atoms with Gasteiger partial charge < -0.3 is 5.32 Å². The summed E-state index contributed by atoms with van der Waals surface area (Å²) in [5.41, 5.74) is 1.18. The fraction of sp³-hybridized carbons (Fsp3) is 0.200. The number of benzene rings is 2. The topological polar surface area (TPSA) is 58.2 Å². The van der Waals surface area contributed by atoms with Crippen LogP contribution in [0, 0.1) is 0 Å². The number of para-hydroxylation sites is 2. The van der Waals surface area contributed by atoms with E-state index < -0.39 is 10.0 Å². The third kappa shape index (κ3) is 3.51. The second-order valence-corrected chi connectivity index (χ2v) is 6.05. The third-order valence-electron chi connectivity index (χ3n) is 2.77. The maximum absolute atomic E-state index is 12.4. The van der Waals surface area contributed by atoms with Crippen LogP contribution in [-0.4, -0.2) is 15.0 Å². The van der Waals surface area contributed by atoms with Crippen LogP contribution in [0.4, 0.5) is 11.4 Å². The van der Waals surface area contributed by atoms with Crippen molar-refractivity contribution in [3.8, 4) is 0 Å². The van der Waals surface area contributed by atoms with Gasteiger partial charge in [-0.05, 0) is 30.7 Å². The molecule has 2 N–H and O–H groups in total. The Balaban J connectivity index is 2.30. The minimum atomic E-state index is -3.59. The molecule has 0 aromatic heterocycles. The molecular weight excluding hydrogens is 272 g/mol. The van der Waals surface area contributed by atoms with Gasteiger partial charge in [-0.1, -0.05) is 37.3 Å². The first-order valence-electron chi connectivity index (χ1n) is 6.54. The summed E-state index contributed by atoms with van der Waals surface area (Å²) < 4.78 is 27.5. The minimum Gasteiger partial charge on any atom is -0.384 e. The fourth-order valence-corrected chi connectivity index (χ4v) is 3.07. The van der Waals surface area contributed by atoms with Gasteiger partial charge in [0.05, 0.1) is 5.69 Å². The van der Waals surface area contributed by atoms with Gasteiger partial charge in [-0.2, -0.15) is 0 Å². The average Bonchev–Trinajstić information content (AvgIpc) is 2.46. The molecule has 2 rings (SSSR count). The van der Waals surface area contributed by atoms with Crippen LogP contribution in [0.25, 0.3) is 0 Å². The van der Waals surface area contributed by atoms with Crippen molar-refractivity contribution in [1.82, 2.24) is 0 Å². The van der Waals surface area contributed by atoms with Crippen molar-refractivity contribution in [2.75, 3.05) is 16.6 Å². The van der Waals surface area contributed by atoms with Crippen molar-refractivity contribution < 1.29 is 8.42 Å². The van der Waals surface area contributed by atoms with Gasteiger partial charge in [0, 0.05) is 12.2 Å². The van der Waals surface area contributed by atoms with Crippen LogP contribution in [0.5, 0.6) is 0 Å². The van der Waals surface area contributed by atoms with E-state index in [0.717, 1.165) is 13.0 Å². The zero-order valence-electron chi connectivity index (χ0n) is 11.3. The van der Waals surface area contributed by atoms with Crippen LogP contribution < -0.4 is 10.0 Å². The molecule has 106 valence electrons. The van der Waals surface area contributed by atoms with Crippen molar-refractivity contribution in [2.45, 2.75) is 18.2 Å². The van der Waals surface area contributed by atoms with E-state index in [4.69, 9.17) is 0 Å². The van der Waals surface area contributed by atoms with Gasteiger partial charge in [0.2, 0.25) is 0 Å². The van der Waals surface area contributed by atoms with Crippen LogP contribution in [-0.2, 0) is 10.0 Å². The Morgan fingerprint density at radius 1 is 0.950 bits per heavy atom. The Morgan fingerprint density at radius 2 is 1.60 bits per heavy atom. The fourth-order valence-electron chi connectivity index (χ4n) is 1.82. The molecule has 0 spiro atoms. The summed E-state index contributed by atoms with van der Waals surface area (Å²) in [6, 6.07) is 15.8. The summed E-state index contributed by atoms with van der Waals surface area (Å²) in [6.45, 7) is 2.77. The largest absolute Gasteiger partial charge is 0.384 e. The summed E-state index contributed by atoms with van der Waals surface area (Å²) in [4.78, 5) is 0.261. The van der Waals surface area contributed by atoms with E-state index in [1.165, 1.54) is 0 Å². The van der Waals surface area contributed by atoms with Gasteiger partial charge in [0.1, 0.15) is 4.90 Å². The number of hydrogen-bond donors (Lipinski definition) is 2. The van der Waals surface area contributed by atoms with E-state index in [2.05, 4.69) is 10.0 Å². The van der Waals surface area contributed by atoms with E-state index in [1.54, 1.807) is 42.5 Å². The maximum atomic E-state index is 12.4. The van der Waals surface area contributed by atoms with Crippen molar-refractivity contribution in [3.63, 3.8) is 0 Å². The molecule has 0 saturated heterocycles. The third-order valence-corrected chi connectivity index (χ3v) is 4.21. The normalized spacial score (nSPS) is 11.1. The van der Waals surface area contributed by atoms with Gasteiger partial charge in [-0.3, -0.25) is 4.72 Å². The highest BCUT2D eigenvalue weighted by atomic mass is 32.2.